The van der Waals surface area contributed by atoms with Crippen LogP contribution in [0.5, 0.6) is 0 Å². The van der Waals surface area contributed by atoms with Gasteiger partial charge in [-0.25, -0.2) is 0 Å². The summed E-state index contributed by atoms with van der Waals surface area (Å²) in [7, 11) is 0. The zero-order chi connectivity index (χ0) is 5.86. The maximum Gasteiger partial charge on any atom is 0.0615 e. The van der Waals surface area contributed by atoms with Crippen LogP contribution in [0.15, 0.2) is 0 Å². The number of hydrogen-bond donors (Lipinski definition) is 2. The van der Waals surface area contributed by atoms with E-state index in [2.05, 4.69) is 22.6 Å². The minimum atomic E-state index is 0.370. The molecule has 0 atom stereocenters. The molecule has 40 valence electrons. The Labute approximate surface area is 56.5 Å². The number of halogens is 1. The molecule has 0 heterocycles. The molecular formula is C4H7IN2. The zero-order valence-corrected chi connectivity index (χ0v) is 6.24. The third kappa shape index (κ3) is 2.73. The van der Waals surface area contributed by atoms with E-state index in [0.717, 1.165) is 0 Å². The van der Waals surface area contributed by atoms with Crippen molar-refractivity contribution in [2.45, 2.75) is 6.92 Å². The van der Waals surface area contributed by atoms with Gasteiger partial charge in [-0.2, -0.15) is 0 Å². The van der Waals surface area contributed by atoms with Crippen LogP contribution in [0.3, 0.4) is 0 Å². The van der Waals surface area contributed by atoms with Crippen molar-refractivity contribution in [1.29, 1.82) is 10.8 Å². The summed E-state index contributed by atoms with van der Waals surface area (Å²) in [6.45, 7) is 1.63. The van der Waals surface area contributed by atoms with Gasteiger partial charge in [-0.15, -0.1) is 0 Å². The van der Waals surface area contributed by atoms with Gasteiger partial charge in [-0.1, -0.05) is 22.6 Å². The lowest BCUT2D eigenvalue weighted by Gasteiger charge is -1.89. The molecule has 0 saturated carbocycles. The van der Waals surface area contributed by atoms with Crippen LogP contribution >= 0.6 is 22.6 Å². The van der Waals surface area contributed by atoms with Gasteiger partial charge in [0, 0.05) is 10.1 Å². The summed E-state index contributed by atoms with van der Waals surface area (Å²) < 4.78 is 0.646. The third-order valence-electron chi connectivity index (χ3n) is 0.586. The molecule has 7 heavy (non-hydrogen) atoms. The molecule has 0 amide bonds. The van der Waals surface area contributed by atoms with Gasteiger partial charge < -0.3 is 10.8 Å². The molecule has 0 aromatic heterocycles. The first-order valence-corrected chi connectivity index (χ1v) is 3.40. The first-order chi connectivity index (χ1) is 3.18. The Morgan fingerprint density at radius 2 is 2.00 bits per heavy atom. The number of rotatable bonds is 2. The molecule has 0 saturated heterocycles. The van der Waals surface area contributed by atoms with Gasteiger partial charge in [0.25, 0.3) is 0 Å². The van der Waals surface area contributed by atoms with Crippen molar-refractivity contribution < 1.29 is 0 Å². The molecule has 0 aromatic carbocycles. The molecule has 0 aliphatic heterocycles. The van der Waals surface area contributed by atoms with Crippen LogP contribution in [0.4, 0.5) is 0 Å². The van der Waals surface area contributed by atoms with Crippen molar-refractivity contribution in [3.8, 4) is 0 Å². The molecule has 0 unspecified atom stereocenters. The summed E-state index contributed by atoms with van der Waals surface area (Å²) >= 11 is 2.06. The highest BCUT2D eigenvalue weighted by Gasteiger charge is 1.91. The Bertz CT molecular complexity index is 97.9. The molecule has 3 heteroatoms. The number of alkyl halides is 1. The molecule has 0 aliphatic rings. The quantitative estimate of drug-likeness (QED) is 0.394. The van der Waals surface area contributed by atoms with E-state index in [1.807, 2.05) is 0 Å². The first-order valence-electron chi connectivity index (χ1n) is 1.87. The Hall–Kier alpha value is 0.0700. The highest BCUT2D eigenvalue weighted by molar-refractivity contribution is 14.1. The minimum Gasteiger partial charge on any atom is -0.304 e. The van der Waals surface area contributed by atoms with E-state index in [-0.39, 0.29) is 0 Å². The maximum absolute atomic E-state index is 6.96. The molecule has 0 bridgehead atoms. The van der Waals surface area contributed by atoms with E-state index in [4.69, 9.17) is 10.8 Å². The first kappa shape index (κ1) is 7.07. The van der Waals surface area contributed by atoms with Gasteiger partial charge in [0.1, 0.15) is 0 Å². The van der Waals surface area contributed by atoms with E-state index in [1.54, 1.807) is 6.92 Å². The molecule has 2 N–H and O–H groups in total. The van der Waals surface area contributed by atoms with Crippen LogP contribution < -0.4 is 0 Å². The van der Waals surface area contributed by atoms with Crippen molar-refractivity contribution in [2.24, 2.45) is 0 Å². The van der Waals surface area contributed by atoms with Crippen molar-refractivity contribution >= 4 is 34.0 Å². The van der Waals surface area contributed by atoms with Gasteiger partial charge >= 0.3 is 0 Å². The molecular weight excluding hydrogens is 203 g/mol. The van der Waals surface area contributed by atoms with Crippen LogP contribution in [-0.2, 0) is 0 Å². The largest absolute Gasteiger partial charge is 0.304 e. The summed E-state index contributed by atoms with van der Waals surface area (Å²) in [6.07, 6.45) is 0. The SMILES string of the molecule is CC(=N)C(=N)CI. The van der Waals surface area contributed by atoms with Crippen LogP contribution in [-0.4, -0.2) is 15.9 Å². The average molecular weight is 210 g/mol. The fourth-order valence-electron chi connectivity index (χ4n) is 0.100. The lowest BCUT2D eigenvalue weighted by Crippen LogP contribution is -2.07. The van der Waals surface area contributed by atoms with E-state index in [0.29, 0.717) is 15.9 Å². The van der Waals surface area contributed by atoms with Crippen LogP contribution in [0, 0.1) is 10.8 Å². The summed E-state index contributed by atoms with van der Waals surface area (Å²) in [6, 6.07) is 0. The Kier molecular flexibility index (Phi) is 3.15. The van der Waals surface area contributed by atoms with Crippen LogP contribution in [0.1, 0.15) is 6.92 Å². The van der Waals surface area contributed by atoms with Gasteiger partial charge in [-0.05, 0) is 6.92 Å². The lowest BCUT2D eigenvalue weighted by atomic mass is 10.3. The fraction of sp³-hybridized carbons (Fsp3) is 0.500. The predicted molar refractivity (Wildman–Crippen MR) is 40.0 cm³/mol. The maximum atomic E-state index is 6.96. The van der Waals surface area contributed by atoms with E-state index >= 15 is 0 Å². The Morgan fingerprint density at radius 3 is 2.00 bits per heavy atom. The topological polar surface area (TPSA) is 47.7 Å². The number of nitrogens with one attached hydrogen (secondary N) is 2. The highest BCUT2D eigenvalue weighted by Crippen LogP contribution is 1.84. The predicted octanol–water partition coefficient (Wildman–Crippen LogP) is 1.48. The standard InChI is InChI=1S/C4H7IN2/c1-3(6)4(7)2-5/h6-7H,2H2,1H3. The normalized spacial score (nSPS) is 8.29. The second-order valence-electron chi connectivity index (χ2n) is 1.24. The molecule has 2 nitrogen and oxygen atoms in total. The van der Waals surface area contributed by atoms with Crippen molar-refractivity contribution in [2.75, 3.05) is 4.43 Å². The lowest BCUT2D eigenvalue weighted by molar-refractivity contribution is 1.46. The minimum absolute atomic E-state index is 0.370. The van der Waals surface area contributed by atoms with Crippen molar-refractivity contribution in [3.63, 3.8) is 0 Å². The Morgan fingerprint density at radius 1 is 1.57 bits per heavy atom. The second-order valence-corrected chi connectivity index (χ2v) is 2.00. The monoisotopic (exact) mass is 210 g/mol. The number of hydrogen-bond acceptors (Lipinski definition) is 2. The zero-order valence-electron chi connectivity index (χ0n) is 4.09. The van der Waals surface area contributed by atoms with Gasteiger partial charge in [0.05, 0.1) is 5.71 Å². The van der Waals surface area contributed by atoms with Crippen LogP contribution in [0.25, 0.3) is 0 Å². The molecule has 0 aliphatic carbocycles. The van der Waals surface area contributed by atoms with Gasteiger partial charge in [0.2, 0.25) is 0 Å². The summed E-state index contributed by atoms with van der Waals surface area (Å²) in [5, 5.41) is 13.8. The average Bonchev–Trinajstić information content (AvgIpc) is 1.65. The molecule has 0 aromatic rings. The van der Waals surface area contributed by atoms with Crippen molar-refractivity contribution in [1.82, 2.24) is 0 Å². The fourth-order valence-corrected chi connectivity index (χ4v) is 0.672. The third-order valence-corrected chi connectivity index (χ3v) is 1.35. The highest BCUT2D eigenvalue weighted by atomic mass is 127. The van der Waals surface area contributed by atoms with Gasteiger partial charge in [-0.3, -0.25) is 0 Å². The smallest absolute Gasteiger partial charge is 0.0615 e. The molecule has 0 spiro atoms. The van der Waals surface area contributed by atoms with E-state index < -0.39 is 0 Å². The molecule has 0 rings (SSSR count). The molecule has 0 radical (unpaired) electrons. The van der Waals surface area contributed by atoms with E-state index in [9.17, 15) is 0 Å². The van der Waals surface area contributed by atoms with E-state index in [1.165, 1.54) is 0 Å². The summed E-state index contributed by atoms with van der Waals surface area (Å²) in [5.41, 5.74) is 0.787. The summed E-state index contributed by atoms with van der Waals surface area (Å²) in [5.74, 6) is 0. The second kappa shape index (κ2) is 3.12. The molecule has 0 fully saturated rings. The van der Waals surface area contributed by atoms with Gasteiger partial charge in [0.15, 0.2) is 0 Å². The Balaban J connectivity index is 3.58. The summed E-state index contributed by atoms with van der Waals surface area (Å²) in [4.78, 5) is 0. The van der Waals surface area contributed by atoms with Crippen LogP contribution in [0.2, 0.25) is 0 Å². The van der Waals surface area contributed by atoms with Crippen molar-refractivity contribution in [3.05, 3.63) is 0 Å².